The van der Waals surface area contributed by atoms with Gasteiger partial charge in [0, 0.05) is 18.0 Å². The molecule has 0 aliphatic carbocycles. The fraction of sp³-hybridized carbons (Fsp3) is 0.333. The first-order valence-corrected chi connectivity index (χ1v) is 5.63. The van der Waals surface area contributed by atoms with Gasteiger partial charge in [0.05, 0.1) is 0 Å². The number of hydrogen-bond acceptors (Lipinski definition) is 3. The van der Waals surface area contributed by atoms with E-state index < -0.39 is 0 Å². The fourth-order valence-corrected chi connectivity index (χ4v) is 1.32. The first-order chi connectivity index (χ1) is 5.18. The summed E-state index contributed by atoms with van der Waals surface area (Å²) in [6.45, 7) is 1.92. The Bertz CT molecular complexity index is 274. The quantitative estimate of drug-likeness (QED) is 0.744. The second-order valence-electron chi connectivity index (χ2n) is 2.10. The van der Waals surface area contributed by atoms with Gasteiger partial charge in [-0.15, -0.1) is 0 Å². The number of nitrogens with one attached hydrogen (secondary N) is 1. The average Bonchev–Trinajstić information content (AvgIpc) is 1.85. The van der Waals surface area contributed by atoms with Gasteiger partial charge in [-0.1, -0.05) is 0 Å². The molecule has 1 heterocycles. The summed E-state index contributed by atoms with van der Waals surface area (Å²) in [5, 5.41) is 0. The maximum atomic E-state index is 4.96. The smallest absolute Gasteiger partial charge is 0.139 e. The van der Waals surface area contributed by atoms with Crippen LogP contribution in [0.1, 0.15) is 5.69 Å². The van der Waals surface area contributed by atoms with Crippen LogP contribution in [0.15, 0.2) is 12.4 Å². The molecule has 1 unspecified atom stereocenters. The Balaban J connectivity index is 2.79. The van der Waals surface area contributed by atoms with Crippen molar-refractivity contribution < 1.29 is 0 Å². The van der Waals surface area contributed by atoms with Gasteiger partial charge in [0.2, 0.25) is 0 Å². The first kappa shape index (κ1) is 8.55. The number of aryl methyl sites for hydroxylation is 1. The van der Waals surface area contributed by atoms with Crippen LogP contribution in [0.2, 0.25) is 0 Å². The molecular weight excluding hydrogens is 178 g/mol. The van der Waals surface area contributed by atoms with E-state index in [1.165, 1.54) is 6.33 Å². The molecule has 1 aromatic heterocycles. The maximum Gasteiger partial charge on any atom is 0.139 e. The standard InChI is InChI=1S/C6H9N3S2/c1-5-3-6(8-4-7-5)9-11(2)10/h3-4H,1-2H3,(H,7,8,9). The van der Waals surface area contributed by atoms with E-state index in [-0.39, 0.29) is 9.64 Å². The van der Waals surface area contributed by atoms with Crippen LogP contribution in [0.5, 0.6) is 0 Å². The van der Waals surface area contributed by atoms with Crippen LogP contribution in [0.4, 0.5) is 5.82 Å². The molecule has 5 heteroatoms. The molecular formula is C6H9N3S2. The van der Waals surface area contributed by atoms with Crippen LogP contribution >= 0.6 is 0 Å². The van der Waals surface area contributed by atoms with Crippen molar-refractivity contribution in [1.82, 2.24) is 9.97 Å². The van der Waals surface area contributed by atoms with E-state index in [1.807, 2.05) is 19.2 Å². The Morgan fingerprint density at radius 1 is 1.55 bits per heavy atom. The number of anilines is 1. The van der Waals surface area contributed by atoms with Gasteiger partial charge in [-0.25, -0.2) is 9.97 Å². The lowest BCUT2D eigenvalue weighted by molar-refractivity contribution is 1.11. The summed E-state index contributed by atoms with van der Waals surface area (Å²) < 4.78 is 3.04. The van der Waals surface area contributed by atoms with Gasteiger partial charge in [-0.05, 0) is 27.8 Å². The van der Waals surface area contributed by atoms with Gasteiger partial charge in [-0.3, -0.25) is 0 Å². The number of hydrogen-bond donors (Lipinski definition) is 1. The third kappa shape index (κ3) is 2.90. The van der Waals surface area contributed by atoms with Crippen LogP contribution < -0.4 is 4.72 Å². The van der Waals surface area contributed by atoms with Gasteiger partial charge >= 0.3 is 0 Å². The Hall–Kier alpha value is -0.550. The largest absolute Gasteiger partial charge is 0.312 e. The van der Waals surface area contributed by atoms with Crippen LogP contribution in [0.25, 0.3) is 0 Å². The molecule has 0 saturated heterocycles. The Kier molecular flexibility index (Phi) is 2.90. The minimum atomic E-state index is -0.232. The monoisotopic (exact) mass is 187 g/mol. The van der Waals surface area contributed by atoms with Crippen LogP contribution in [0, 0.1) is 6.92 Å². The van der Waals surface area contributed by atoms with Gasteiger partial charge in [0.25, 0.3) is 0 Å². The summed E-state index contributed by atoms with van der Waals surface area (Å²) in [5.41, 5.74) is 0.947. The lowest BCUT2D eigenvalue weighted by Gasteiger charge is -2.02. The van der Waals surface area contributed by atoms with Gasteiger partial charge in [0.1, 0.15) is 12.1 Å². The van der Waals surface area contributed by atoms with E-state index in [1.54, 1.807) is 0 Å². The van der Waals surface area contributed by atoms with Crippen molar-refractivity contribution in [3.8, 4) is 0 Å². The molecule has 1 aromatic rings. The molecule has 0 bridgehead atoms. The predicted octanol–water partition coefficient (Wildman–Crippen LogP) is 0.822. The van der Waals surface area contributed by atoms with Crippen molar-refractivity contribution in [2.75, 3.05) is 11.0 Å². The molecule has 0 radical (unpaired) electrons. The highest BCUT2D eigenvalue weighted by Crippen LogP contribution is 2.02. The topological polar surface area (TPSA) is 37.8 Å². The van der Waals surface area contributed by atoms with Crippen molar-refractivity contribution in [3.63, 3.8) is 0 Å². The SMILES string of the molecule is Cc1cc(NS(C)=S)ncn1. The molecule has 0 fully saturated rings. The molecule has 0 aromatic carbocycles. The Morgan fingerprint density at radius 2 is 2.27 bits per heavy atom. The number of rotatable bonds is 2. The molecule has 1 rings (SSSR count). The molecule has 11 heavy (non-hydrogen) atoms. The first-order valence-electron chi connectivity index (χ1n) is 3.07. The van der Waals surface area contributed by atoms with Crippen molar-refractivity contribution in [3.05, 3.63) is 18.1 Å². The van der Waals surface area contributed by atoms with Crippen LogP contribution in [0.3, 0.4) is 0 Å². The van der Waals surface area contributed by atoms with Crippen LogP contribution in [-0.4, -0.2) is 16.2 Å². The molecule has 0 amide bonds. The van der Waals surface area contributed by atoms with E-state index in [2.05, 4.69) is 14.7 Å². The summed E-state index contributed by atoms with van der Waals surface area (Å²) in [5.74, 6) is 0.804. The molecule has 3 nitrogen and oxygen atoms in total. The third-order valence-electron chi connectivity index (χ3n) is 1.05. The minimum Gasteiger partial charge on any atom is -0.312 e. The van der Waals surface area contributed by atoms with Crippen molar-refractivity contribution in [1.29, 1.82) is 0 Å². The summed E-state index contributed by atoms with van der Waals surface area (Å²) >= 11 is 4.96. The highest BCUT2D eigenvalue weighted by atomic mass is 32.8. The zero-order chi connectivity index (χ0) is 8.27. The Labute approximate surface area is 73.0 Å². The maximum absolute atomic E-state index is 4.96. The lowest BCUT2D eigenvalue weighted by Crippen LogP contribution is -2.02. The van der Waals surface area contributed by atoms with E-state index >= 15 is 0 Å². The zero-order valence-corrected chi connectivity index (χ0v) is 8.00. The summed E-state index contributed by atoms with van der Waals surface area (Å²) in [7, 11) is -0.232. The molecule has 0 spiro atoms. The second-order valence-corrected chi connectivity index (χ2v) is 4.71. The highest BCUT2D eigenvalue weighted by molar-refractivity contribution is 8.29. The summed E-state index contributed by atoms with van der Waals surface area (Å²) in [4.78, 5) is 7.96. The third-order valence-corrected chi connectivity index (χ3v) is 1.80. The molecule has 60 valence electrons. The summed E-state index contributed by atoms with van der Waals surface area (Å²) in [6, 6.07) is 1.87. The molecule has 0 aliphatic heterocycles. The van der Waals surface area contributed by atoms with Crippen molar-refractivity contribution in [2.24, 2.45) is 0 Å². The minimum absolute atomic E-state index is 0.232. The van der Waals surface area contributed by atoms with Crippen molar-refractivity contribution in [2.45, 2.75) is 6.92 Å². The van der Waals surface area contributed by atoms with E-state index in [0.29, 0.717) is 0 Å². The molecule has 1 N–H and O–H groups in total. The summed E-state index contributed by atoms with van der Waals surface area (Å²) in [6.07, 6.45) is 3.45. The second kappa shape index (κ2) is 3.73. The van der Waals surface area contributed by atoms with Crippen LogP contribution in [-0.2, 0) is 20.8 Å². The predicted molar refractivity (Wildman–Crippen MR) is 51.0 cm³/mol. The number of nitrogens with zero attached hydrogens (tertiary/aromatic N) is 2. The number of aromatic nitrogens is 2. The average molecular weight is 187 g/mol. The highest BCUT2D eigenvalue weighted by Gasteiger charge is 1.92. The molecule has 0 saturated carbocycles. The fourth-order valence-electron chi connectivity index (χ4n) is 0.658. The van der Waals surface area contributed by atoms with Gasteiger partial charge in [-0.2, -0.15) is 0 Å². The van der Waals surface area contributed by atoms with Crippen molar-refractivity contribution >= 4 is 26.6 Å². The van der Waals surface area contributed by atoms with E-state index in [4.69, 9.17) is 11.2 Å². The van der Waals surface area contributed by atoms with E-state index in [9.17, 15) is 0 Å². The molecule has 1 atom stereocenters. The lowest BCUT2D eigenvalue weighted by atomic mass is 10.4. The van der Waals surface area contributed by atoms with Gasteiger partial charge in [0.15, 0.2) is 0 Å². The normalized spacial score (nSPS) is 12.5. The Morgan fingerprint density at radius 3 is 2.82 bits per heavy atom. The van der Waals surface area contributed by atoms with Gasteiger partial charge < -0.3 is 4.72 Å². The molecule has 0 aliphatic rings. The zero-order valence-electron chi connectivity index (χ0n) is 6.37. The van der Waals surface area contributed by atoms with E-state index in [0.717, 1.165) is 11.5 Å².